The topological polar surface area (TPSA) is 66.5 Å². The summed E-state index contributed by atoms with van der Waals surface area (Å²) in [6.45, 7) is 4.26. The third-order valence-corrected chi connectivity index (χ3v) is 4.12. The van der Waals surface area contributed by atoms with Crippen molar-refractivity contribution in [2.75, 3.05) is 18.8 Å². The number of carbonyl (C=O) groups excluding carboxylic acids is 1. The number of nitrogens with zero attached hydrogens (tertiary/aromatic N) is 1. The van der Waals surface area contributed by atoms with Gasteiger partial charge in [-0.25, -0.2) is 13.1 Å². The number of rotatable bonds is 7. The largest absolute Gasteiger partial charge is 0.338 e. The molecule has 0 saturated heterocycles. The number of benzene rings is 1. The van der Waals surface area contributed by atoms with Crippen molar-refractivity contribution in [1.29, 1.82) is 0 Å². The molecule has 106 valence electrons. The molecule has 0 unspecified atom stereocenters. The van der Waals surface area contributed by atoms with Crippen LogP contribution in [0.15, 0.2) is 30.3 Å². The Hall–Kier alpha value is -1.40. The zero-order valence-electron chi connectivity index (χ0n) is 11.3. The number of likely N-dealkylation sites (N-methyl/N-ethyl adjacent to an activating group) is 1. The zero-order chi connectivity index (χ0) is 14.3. The van der Waals surface area contributed by atoms with Gasteiger partial charge in [-0.1, -0.05) is 30.3 Å². The van der Waals surface area contributed by atoms with Gasteiger partial charge < -0.3 is 4.90 Å². The van der Waals surface area contributed by atoms with Crippen molar-refractivity contribution in [3.05, 3.63) is 35.9 Å². The third kappa shape index (κ3) is 5.40. The Morgan fingerprint density at radius 2 is 1.84 bits per heavy atom. The van der Waals surface area contributed by atoms with Crippen molar-refractivity contribution in [1.82, 2.24) is 9.62 Å². The summed E-state index contributed by atoms with van der Waals surface area (Å²) in [6, 6.07) is 9.61. The Morgan fingerprint density at radius 1 is 1.21 bits per heavy atom. The zero-order valence-corrected chi connectivity index (χ0v) is 12.1. The van der Waals surface area contributed by atoms with Crippen molar-refractivity contribution < 1.29 is 13.2 Å². The molecule has 1 aromatic carbocycles. The van der Waals surface area contributed by atoms with E-state index in [9.17, 15) is 13.2 Å². The van der Waals surface area contributed by atoms with E-state index in [1.165, 1.54) is 6.92 Å². The summed E-state index contributed by atoms with van der Waals surface area (Å²) >= 11 is 0. The molecule has 6 heteroatoms. The van der Waals surface area contributed by atoms with Gasteiger partial charge in [0.15, 0.2) is 0 Å². The Kier molecular flexibility index (Phi) is 5.98. The molecular weight excluding hydrogens is 264 g/mol. The molecule has 19 heavy (non-hydrogen) atoms. The summed E-state index contributed by atoms with van der Waals surface area (Å²) in [5.74, 6) is -0.242. The summed E-state index contributed by atoms with van der Waals surface area (Å²) < 4.78 is 24.9. The molecular formula is C13H20N2O3S. The molecule has 0 aliphatic heterocycles. The van der Waals surface area contributed by atoms with E-state index in [2.05, 4.69) is 4.72 Å². The molecule has 1 N–H and O–H groups in total. The first-order valence-electron chi connectivity index (χ1n) is 6.27. The fourth-order valence-electron chi connectivity index (χ4n) is 1.57. The van der Waals surface area contributed by atoms with Gasteiger partial charge in [0.05, 0.1) is 12.3 Å². The number of carbonyl (C=O) groups is 1. The Morgan fingerprint density at radius 3 is 2.37 bits per heavy atom. The molecule has 1 amide bonds. The minimum Gasteiger partial charge on any atom is -0.338 e. The lowest BCUT2D eigenvalue weighted by Gasteiger charge is -2.21. The summed E-state index contributed by atoms with van der Waals surface area (Å²) in [4.78, 5) is 13.6. The van der Waals surface area contributed by atoms with Crippen LogP contribution in [0.1, 0.15) is 19.4 Å². The van der Waals surface area contributed by atoms with E-state index >= 15 is 0 Å². The predicted molar refractivity (Wildman–Crippen MR) is 75.0 cm³/mol. The van der Waals surface area contributed by atoms with E-state index in [1.807, 2.05) is 37.3 Å². The van der Waals surface area contributed by atoms with Gasteiger partial charge in [-0.3, -0.25) is 4.79 Å². The normalized spacial score (nSPS) is 11.3. The highest BCUT2D eigenvalue weighted by atomic mass is 32.2. The van der Waals surface area contributed by atoms with Gasteiger partial charge in [0.2, 0.25) is 15.9 Å². The number of sulfonamides is 1. The molecule has 1 rings (SSSR count). The molecule has 0 bridgehead atoms. The van der Waals surface area contributed by atoms with Crippen molar-refractivity contribution in [3.8, 4) is 0 Å². The molecule has 0 heterocycles. The van der Waals surface area contributed by atoms with Gasteiger partial charge in [0, 0.05) is 13.1 Å². The maximum atomic E-state index is 11.9. The first-order chi connectivity index (χ1) is 8.98. The van der Waals surface area contributed by atoms with Crippen LogP contribution in [0.2, 0.25) is 0 Å². The minimum atomic E-state index is -3.33. The second-order valence-electron chi connectivity index (χ2n) is 4.12. The third-order valence-electron chi connectivity index (χ3n) is 2.77. The lowest BCUT2D eigenvalue weighted by atomic mass is 10.2. The fraction of sp³-hybridized carbons (Fsp3) is 0.462. The Bertz CT molecular complexity index is 500. The number of hydrogen-bond acceptors (Lipinski definition) is 3. The number of hydrogen-bond donors (Lipinski definition) is 1. The molecule has 0 saturated carbocycles. The van der Waals surface area contributed by atoms with E-state index in [0.717, 1.165) is 5.56 Å². The van der Waals surface area contributed by atoms with Crippen molar-refractivity contribution in [2.45, 2.75) is 20.4 Å². The summed E-state index contributed by atoms with van der Waals surface area (Å²) in [5, 5.41) is 0. The first kappa shape index (κ1) is 15.7. The standard InChI is InChI=1S/C13H20N2O3S/c1-3-15(11-12-8-6-5-7-9-12)13(16)10-14-19(17,18)4-2/h5-9,14H,3-4,10-11H2,1-2H3. The molecule has 0 atom stereocenters. The maximum Gasteiger partial charge on any atom is 0.237 e. The predicted octanol–water partition coefficient (Wildman–Crippen LogP) is 0.974. The van der Waals surface area contributed by atoms with E-state index in [-0.39, 0.29) is 18.2 Å². The second-order valence-corrected chi connectivity index (χ2v) is 6.21. The van der Waals surface area contributed by atoms with Crippen molar-refractivity contribution in [2.24, 2.45) is 0 Å². The minimum absolute atomic E-state index is 0.0227. The van der Waals surface area contributed by atoms with E-state index in [0.29, 0.717) is 13.1 Å². The fourth-order valence-corrected chi connectivity index (χ4v) is 2.11. The van der Waals surface area contributed by atoms with Crippen LogP contribution in [0.4, 0.5) is 0 Å². The van der Waals surface area contributed by atoms with Gasteiger partial charge >= 0.3 is 0 Å². The smallest absolute Gasteiger partial charge is 0.237 e. The number of nitrogens with one attached hydrogen (secondary N) is 1. The summed E-state index contributed by atoms with van der Waals surface area (Å²) in [7, 11) is -3.33. The highest BCUT2D eigenvalue weighted by molar-refractivity contribution is 7.89. The molecule has 0 spiro atoms. The van der Waals surface area contributed by atoms with Gasteiger partial charge in [0.1, 0.15) is 0 Å². The summed E-state index contributed by atoms with van der Waals surface area (Å²) in [5.41, 5.74) is 1.02. The van der Waals surface area contributed by atoms with Gasteiger partial charge in [-0.2, -0.15) is 0 Å². The highest BCUT2D eigenvalue weighted by Gasteiger charge is 2.15. The number of amides is 1. The molecule has 5 nitrogen and oxygen atoms in total. The van der Waals surface area contributed by atoms with E-state index in [1.54, 1.807) is 4.90 Å². The van der Waals surface area contributed by atoms with E-state index < -0.39 is 10.0 Å². The van der Waals surface area contributed by atoms with Crippen molar-refractivity contribution >= 4 is 15.9 Å². The van der Waals surface area contributed by atoms with E-state index in [4.69, 9.17) is 0 Å². The molecule has 0 radical (unpaired) electrons. The first-order valence-corrected chi connectivity index (χ1v) is 7.92. The molecule has 1 aromatic rings. The summed E-state index contributed by atoms with van der Waals surface area (Å²) in [6.07, 6.45) is 0. The average molecular weight is 284 g/mol. The van der Waals surface area contributed by atoms with Crippen LogP contribution < -0.4 is 4.72 Å². The van der Waals surface area contributed by atoms with Crippen molar-refractivity contribution in [3.63, 3.8) is 0 Å². The monoisotopic (exact) mass is 284 g/mol. The average Bonchev–Trinajstić information content (AvgIpc) is 2.43. The van der Waals surface area contributed by atoms with Crippen LogP contribution in [0.5, 0.6) is 0 Å². The lowest BCUT2D eigenvalue weighted by Crippen LogP contribution is -2.40. The molecule has 0 aliphatic carbocycles. The Labute approximate surface area is 114 Å². The van der Waals surface area contributed by atoms with Crippen LogP contribution >= 0.6 is 0 Å². The van der Waals surface area contributed by atoms with Crippen LogP contribution in [-0.4, -0.2) is 38.1 Å². The maximum absolute atomic E-state index is 11.9. The van der Waals surface area contributed by atoms with Crippen LogP contribution in [-0.2, 0) is 21.4 Å². The highest BCUT2D eigenvalue weighted by Crippen LogP contribution is 2.04. The van der Waals surface area contributed by atoms with Gasteiger partial charge in [0.25, 0.3) is 0 Å². The van der Waals surface area contributed by atoms with Crippen LogP contribution in [0, 0.1) is 0 Å². The molecule has 0 aromatic heterocycles. The lowest BCUT2D eigenvalue weighted by molar-refractivity contribution is -0.130. The molecule has 0 aliphatic rings. The van der Waals surface area contributed by atoms with Gasteiger partial charge in [-0.15, -0.1) is 0 Å². The SMILES string of the molecule is CCN(Cc1ccccc1)C(=O)CNS(=O)(=O)CC. The quantitative estimate of drug-likeness (QED) is 0.811. The molecule has 0 fully saturated rings. The van der Waals surface area contributed by atoms with Gasteiger partial charge in [-0.05, 0) is 19.4 Å². The van der Waals surface area contributed by atoms with Crippen LogP contribution in [0.3, 0.4) is 0 Å². The van der Waals surface area contributed by atoms with Crippen LogP contribution in [0.25, 0.3) is 0 Å². The Balaban J connectivity index is 2.58. The second kappa shape index (κ2) is 7.25.